The molecule has 1 N–H and O–H groups in total. The molecule has 0 saturated carbocycles. The minimum atomic E-state index is -0.844. The first-order chi connectivity index (χ1) is 6.07. The van der Waals surface area contributed by atoms with Crippen LogP contribution in [0.4, 0.5) is 0 Å². The van der Waals surface area contributed by atoms with Gasteiger partial charge in [-0.1, -0.05) is 35.9 Å². The second-order valence-corrected chi connectivity index (χ2v) is 3.06. The Morgan fingerprint density at radius 3 is 2.46 bits per heavy atom. The van der Waals surface area contributed by atoms with Crippen LogP contribution < -0.4 is 0 Å². The molecule has 0 aliphatic rings. The number of carbonyl (C=O) groups is 1. The minimum Gasteiger partial charge on any atom is -0.481 e. The highest BCUT2D eigenvalue weighted by molar-refractivity contribution is 6.29. The molecule has 0 bridgehead atoms. The molecule has 0 saturated heterocycles. The zero-order chi connectivity index (χ0) is 10.3. The first kappa shape index (κ1) is 12.0. The zero-order valence-corrected chi connectivity index (χ0v) is 8.51. The summed E-state index contributed by atoms with van der Waals surface area (Å²) in [6.07, 6.45) is 6.98. The average Bonchev–Trinajstić information content (AvgIpc) is 2.02. The topological polar surface area (TPSA) is 37.3 Å². The minimum absolute atomic E-state index is 0.0191. The number of allylic oxidation sites excluding steroid dienone is 5. The normalized spacial score (nSPS) is 13.8. The molecule has 0 aliphatic heterocycles. The summed E-state index contributed by atoms with van der Waals surface area (Å²) in [5, 5.41) is 9.03. The van der Waals surface area contributed by atoms with Gasteiger partial charge in [0.2, 0.25) is 0 Å². The summed E-state index contributed by atoms with van der Waals surface area (Å²) in [5.74, 6) is -0.844. The molecular formula is C10H13ClO2. The van der Waals surface area contributed by atoms with Crippen molar-refractivity contribution in [1.82, 2.24) is 0 Å². The van der Waals surface area contributed by atoms with Gasteiger partial charge in [0.25, 0.3) is 0 Å². The van der Waals surface area contributed by atoms with E-state index in [2.05, 4.69) is 0 Å². The average molecular weight is 201 g/mol. The van der Waals surface area contributed by atoms with Crippen molar-refractivity contribution in [3.05, 3.63) is 34.9 Å². The summed E-state index contributed by atoms with van der Waals surface area (Å²) in [6, 6.07) is 0. The molecule has 0 rings (SSSR count). The van der Waals surface area contributed by atoms with Crippen molar-refractivity contribution in [2.45, 2.75) is 20.3 Å². The van der Waals surface area contributed by atoms with Gasteiger partial charge in [-0.05, 0) is 19.4 Å². The van der Waals surface area contributed by atoms with Crippen LogP contribution in [0.15, 0.2) is 34.9 Å². The van der Waals surface area contributed by atoms with Crippen molar-refractivity contribution in [3.63, 3.8) is 0 Å². The Bertz CT molecular complexity index is 258. The highest BCUT2D eigenvalue weighted by atomic mass is 35.5. The Labute approximate surface area is 83.2 Å². The van der Waals surface area contributed by atoms with E-state index in [9.17, 15) is 4.79 Å². The number of rotatable bonds is 4. The molecule has 0 aromatic carbocycles. The summed E-state index contributed by atoms with van der Waals surface area (Å²) in [7, 11) is 0. The van der Waals surface area contributed by atoms with Gasteiger partial charge in [-0.3, -0.25) is 4.79 Å². The fourth-order valence-electron chi connectivity index (χ4n) is 0.751. The highest BCUT2D eigenvalue weighted by Gasteiger charge is 1.93. The second kappa shape index (κ2) is 6.49. The summed E-state index contributed by atoms with van der Waals surface area (Å²) in [4.78, 5) is 10.2. The van der Waals surface area contributed by atoms with E-state index in [0.29, 0.717) is 5.03 Å². The summed E-state index contributed by atoms with van der Waals surface area (Å²) in [5.41, 5.74) is 0.838. The molecule has 2 nitrogen and oxygen atoms in total. The quantitative estimate of drug-likeness (QED) is 0.708. The summed E-state index contributed by atoms with van der Waals surface area (Å²) >= 11 is 5.77. The zero-order valence-electron chi connectivity index (χ0n) is 7.75. The molecular weight excluding hydrogens is 188 g/mol. The number of halogens is 1. The van der Waals surface area contributed by atoms with Crippen LogP contribution in [0.1, 0.15) is 20.3 Å². The molecule has 3 heteroatoms. The lowest BCUT2D eigenvalue weighted by Gasteiger charge is -1.94. The molecule has 0 amide bonds. The van der Waals surface area contributed by atoms with E-state index in [1.807, 2.05) is 19.1 Å². The van der Waals surface area contributed by atoms with Crippen molar-refractivity contribution >= 4 is 17.6 Å². The van der Waals surface area contributed by atoms with Crippen LogP contribution in [0, 0.1) is 0 Å². The maximum absolute atomic E-state index is 10.2. The third-order valence-electron chi connectivity index (χ3n) is 1.33. The third-order valence-corrected chi connectivity index (χ3v) is 1.55. The molecule has 0 unspecified atom stereocenters. The van der Waals surface area contributed by atoms with Crippen LogP contribution in [0.2, 0.25) is 0 Å². The molecule has 0 radical (unpaired) electrons. The number of carboxylic acid groups (broad SMARTS) is 1. The van der Waals surface area contributed by atoms with Crippen LogP contribution in [0.25, 0.3) is 0 Å². The molecule has 0 fully saturated rings. The molecule has 13 heavy (non-hydrogen) atoms. The van der Waals surface area contributed by atoms with E-state index in [1.165, 1.54) is 0 Å². The number of aliphatic carboxylic acids is 1. The lowest BCUT2D eigenvalue weighted by molar-refractivity contribution is -0.135. The van der Waals surface area contributed by atoms with Gasteiger partial charge >= 0.3 is 5.97 Å². The van der Waals surface area contributed by atoms with E-state index in [0.717, 1.165) is 5.57 Å². The summed E-state index contributed by atoms with van der Waals surface area (Å²) < 4.78 is 0. The summed E-state index contributed by atoms with van der Waals surface area (Å²) in [6.45, 7) is 3.65. The van der Waals surface area contributed by atoms with Gasteiger partial charge in [0.1, 0.15) is 0 Å². The van der Waals surface area contributed by atoms with Crippen LogP contribution in [0.3, 0.4) is 0 Å². The molecule has 0 aliphatic carbocycles. The third kappa shape index (κ3) is 6.17. The maximum Gasteiger partial charge on any atom is 0.307 e. The van der Waals surface area contributed by atoms with Crippen LogP contribution in [0.5, 0.6) is 0 Å². The van der Waals surface area contributed by atoms with Gasteiger partial charge in [-0.2, -0.15) is 0 Å². The fraction of sp³-hybridized carbons (Fsp3) is 0.300. The van der Waals surface area contributed by atoms with Gasteiger partial charge in [0.15, 0.2) is 0 Å². The molecule has 0 atom stereocenters. The Morgan fingerprint density at radius 2 is 2.08 bits per heavy atom. The Hall–Kier alpha value is -1.02. The smallest absolute Gasteiger partial charge is 0.307 e. The van der Waals surface area contributed by atoms with Crippen LogP contribution in [-0.2, 0) is 4.79 Å². The van der Waals surface area contributed by atoms with E-state index in [1.54, 1.807) is 19.1 Å². The Morgan fingerprint density at radius 1 is 1.46 bits per heavy atom. The predicted octanol–water partition coefficient (Wildman–Crippen LogP) is 3.11. The predicted molar refractivity (Wildman–Crippen MR) is 54.8 cm³/mol. The van der Waals surface area contributed by atoms with Crippen molar-refractivity contribution < 1.29 is 9.90 Å². The molecule has 72 valence electrons. The molecule has 0 spiro atoms. The van der Waals surface area contributed by atoms with Crippen molar-refractivity contribution in [2.75, 3.05) is 0 Å². The van der Waals surface area contributed by atoms with E-state index in [-0.39, 0.29) is 6.42 Å². The molecule has 0 heterocycles. The Balaban J connectivity index is 4.37. The number of hydrogen-bond donors (Lipinski definition) is 1. The standard InChI is InChI=1S/C10H13ClO2/c1-3-5-9(8(2)11)6-4-7-10(12)13/h3-6H,7H2,1-2H3,(H,12,13). The maximum atomic E-state index is 10.2. The van der Waals surface area contributed by atoms with E-state index >= 15 is 0 Å². The first-order valence-corrected chi connectivity index (χ1v) is 4.33. The number of hydrogen-bond acceptors (Lipinski definition) is 1. The largest absolute Gasteiger partial charge is 0.481 e. The van der Waals surface area contributed by atoms with Crippen LogP contribution in [-0.4, -0.2) is 11.1 Å². The van der Waals surface area contributed by atoms with Crippen molar-refractivity contribution in [3.8, 4) is 0 Å². The lowest BCUT2D eigenvalue weighted by atomic mass is 10.2. The number of carboxylic acids is 1. The fourth-order valence-corrected chi connectivity index (χ4v) is 0.877. The SMILES string of the molecule is CC=CC(C=CCC(=O)O)=C(C)Cl. The van der Waals surface area contributed by atoms with Gasteiger partial charge < -0.3 is 5.11 Å². The molecule has 0 aromatic rings. The highest BCUT2D eigenvalue weighted by Crippen LogP contribution is 2.11. The van der Waals surface area contributed by atoms with Crippen molar-refractivity contribution in [1.29, 1.82) is 0 Å². The van der Waals surface area contributed by atoms with E-state index in [4.69, 9.17) is 16.7 Å². The van der Waals surface area contributed by atoms with E-state index < -0.39 is 5.97 Å². The van der Waals surface area contributed by atoms with Gasteiger partial charge in [0, 0.05) is 5.03 Å². The van der Waals surface area contributed by atoms with Crippen LogP contribution >= 0.6 is 11.6 Å². The first-order valence-electron chi connectivity index (χ1n) is 3.95. The Kier molecular flexibility index (Phi) is 5.98. The van der Waals surface area contributed by atoms with Gasteiger partial charge in [-0.15, -0.1) is 0 Å². The lowest BCUT2D eigenvalue weighted by Crippen LogP contribution is -1.89. The molecule has 0 aromatic heterocycles. The van der Waals surface area contributed by atoms with Crippen molar-refractivity contribution in [2.24, 2.45) is 0 Å². The van der Waals surface area contributed by atoms with Gasteiger partial charge in [0.05, 0.1) is 6.42 Å². The van der Waals surface area contributed by atoms with Gasteiger partial charge in [-0.25, -0.2) is 0 Å². The second-order valence-electron chi connectivity index (χ2n) is 2.49. The monoisotopic (exact) mass is 200 g/mol.